The van der Waals surface area contributed by atoms with Crippen molar-refractivity contribution in [3.63, 3.8) is 0 Å². The molecule has 6 nitrogen and oxygen atoms in total. The number of nitrogens with two attached hydrogens (primary N) is 1. The standard InChI is InChI=1S/C24H24F3N3O3S2/c1-22(14-24(22,26)27)13-23(25)9-11-30(12-10-23)21(31)16-7-5-15(6-8-16)20-29-19-17(34-20)3-2-4-18(19)35(28,32)33/h2-8H,9-14H2,1H3,(H2,28,32,33). The van der Waals surface area contributed by atoms with Gasteiger partial charge in [-0.1, -0.05) is 25.1 Å². The lowest BCUT2D eigenvalue weighted by molar-refractivity contribution is 0.00167. The van der Waals surface area contributed by atoms with Gasteiger partial charge in [0.1, 0.15) is 21.1 Å². The van der Waals surface area contributed by atoms with E-state index in [9.17, 15) is 22.0 Å². The minimum absolute atomic E-state index is 0.0422. The molecule has 186 valence electrons. The number of aromatic nitrogens is 1. The maximum Gasteiger partial charge on any atom is 0.254 e. The molecular formula is C24H24F3N3O3S2. The number of likely N-dealkylation sites (tertiary alicyclic amines) is 1. The van der Waals surface area contributed by atoms with Crippen LogP contribution in [0, 0.1) is 5.41 Å². The molecule has 11 heteroatoms. The third-order valence-electron chi connectivity index (χ3n) is 7.09. The van der Waals surface area contributed by atoms with Gasteiger partial charge in [-0.05, 0) is 43.5 Å². The molecule has 2 aliphatic rings. The molecule has 1 aliphatic heterocycles. The molecule has 2 heterocycles. The van der Waals surface area contributed by atoms with E-state index in [-0.39, 0.29) is 49.6 Å². The average molecular weight is 524 g/mol. The summed E-state index contributed by atoms with van der Waals surface area (Å²) in [6.45, 7) is 1.77. The van der Waals surface area contributed by atoms with Crippen LogP contribution < -0.4 is 5.14 Å². The van der Waals surface area contributed by atoms with Crippen LogP contribution in [0.15, 0.2) is 47.4 Å². The second-order valence-corrected chi connectivity index (χ2v) is 12.4. The molecule has 1 atom stereocenters. The number of carbonyl (C=O) groups excluding carboxylic acids is 1. The molecule has 2 fully saturated rings. The normalized spacial score (nSPS) is 23.4. The summed E-state index contributed by atoms with van der Waals surface area (Å²) in [5.74, 6) is -3.05. The lowest BCUT2D eigenvalue weighted by Gasteiger charge is -2.38. The summed E-state index contributed by atoms with van der Waals surface area (Å²) >= 11 is 1.31. The first kappa shape index (κ1) is 24.2. The zero-order chi connectivity index (χ0) is 25.2. The van der Waals surface area contributed by atoms with E-state index in [1.54, 1.807) is 41.3 Å². The fourth-order valence-electron chi connectivity index (χ4n) is 4.84. The molecule has 1 saturated carbocycles. The molecule has 5 rings (SSSR count). The van der Waals surface area contributed by atoms with Crippen molar-refractivity contribution in [1.82, 2.24) is 9.88 Å². The van der Waals surface area contributed by atoms with Gasteiger partial charge in [0.05, 0.1) is 4.70 Å². The molecule has 0 radical (unpaired) electrons. The van der Waals surface area contributed by atoms with Crippen LogP contribution in [0.5, 0.6) is 0 Å². The first-order valence-electron chi connectivity index (χ1n) is 11.2. The van der Waals surface area contributed by atoms with Gasteiger partial charge < -0.3 is 4.90 Å². The molecule has 1 amide bonds. The minimum atomic E-state index is -3.92. The van der Waals surface area contributed by atoms with E-state index in [4.69, 9.17) is 5.14 Å². The van der Waals surface area contributed by atoms with Gasteiger partial charge in [0.2, 0.25) is 10.0 Å². The Labute approximate surface area is 205 Å². The topological polar surface area (TPSA) is 93.4 Å². The SMILES string of the molecule is CC1(CC2(F)CCN(C(=O)c3ccc(-c4nc5c(S(N)(=O)=O)cccc5s4)cc3)CC2)CC1(F)F. The lowest BCUT2D eigenvalue weighted by atomic mass is 9.83. The first-order valence-corrected chi connectivity index (χ1v) is 13.6. The monoisotopic (exact) mass is 523 g/mol. The number of para-hydroxylation sites is 1. The van der Waals surface area contributed by atoms with E-state index >= 15 is 4.39 Å². The summed E-state index contributed by atoms with van der Waals surface area (Å²) in [5, 5.41) is 5.88. The van der Waals surface area contributed by atoms with Crippen LogP contribution >= 0.6 is 11.3 Å². The number of alkyl halides is 3. The Kier molecular flexibility index (Phi) is 5.54. The second-order valence-electron chi connectivity index (χ2n) is 9.81. The van der Waals surface area contributed by atoms with E-state index in [2.05, 4.69) is 4.98 Å². The third-order valence-corrected chi connectivity index (χ3v) is 9.10. The number of piperidine rings is 1. The number of thiazole rings is 1. The number of hydrogen-bond acceptors (Lipinski definition) is 5. The highest BCUT2D eigenvalue weighted by Gasteiger charge is 2.69. The Balaban J connectivity index is 1.28. The number of amides is 1. The predicted molar refractivity (Wildman–Crippen MR) is 128 cm³/mol. The van der Waals surface area contributed by atoms with E-state index in [0.717, 1.165) is 0 Å². The molecule has 1 saturated heterocycles. The van der Waals surface area contributed by atoms with Crippen molar-refractivity contribution in [3.05, 3.63) is 48.0 Å². The van der Waals surface area contributed by atoms with Crippen LogP contribution in [-0.4, -0.2) is 48.9 Å². The Hall–Kier alpha value is -2.50. The van der Waals surface area contributed by atoms with Crippen LogP contribution in [0.1, 0.15) is 43.0 Å². The Morgan fingerprint density at radius 3 is 2.31 bits per heavy atom. The number of fused-ring (bicyclic) bond motifs is 1. The Morgan fingerprint density at radius 1 is 1.11 bits per heavy atom. The Morgan fingerprint density at radius 2 is 1.74 bits per heavy atom. The predicted octanol–water partition coefficient (Wildman–Crippen LogP) is 4.99. The fraction of sp³-hybridized carbons (Fsp3) is 0.417. The van der Waals surface area contributed by atoms with Crippen LogP contribution in [-0.2, 0) is 10.0 Å². The molecule has 2 N–H and O–H groups in total. The van der Waals surface area contributed by atoms with Crippen molar-refractivity contribution < 1.29 is 26.4 Å². The van der Waals surface area contributed by atoms with Gasteiger partial charge in [0.15, 0.2) is 0 Å². The highest BCUT2D eigenvalue weighted by Crippen LogP contribution is 2.64. The number of sulfonamides is 1. The molecule has 3 aromatic rings. The van der Waals surface area contributed by atoms with Crippen LogP contribution in [0.2, 0.25) is 0 Å². The van der Waals surface area contributed by atoms with E-state index in [1.807, 2.05) is 0 Å². The quantitative estimate of drug-likeness (QED) is 0.510. The number of halogens is 3. The van der Waals surface area contributed by atoms with Crippen molar-refractivity contribution in [2.45, 2.75) is 49.1 Å². The van der Waals surface area contributed by atoms with E-state index in [0.29, 0.717) is 26.4 Å². The van der Waals surface area contributed by atoms with Gasteiger partial charge >= 0.3 is 0 Å². The second kappa shape index (κ2) is 8.01. The van der Waals surface area contributed by atoms with Gasteiger partial charge in [-0.25, -0.2) is 31.7 Å². The summed E-state index contributed by atoms with van der Waals surface area (Å²) in [7, 11) is -3.92. The molecule has 35 heavy (non-hydrogen) atoms. The number of carbonyl (C=O) groups is 1. The zero-order valence-electron chi connectivity index (χ0n) is 18.9. The summed E-state index contributed by atoms with van der Waals surface area (Å²) in [6.07, 6.45) is -0.376. The van der Waals surface area contributed by atoms with Crippen molar-refractivity contribution in [3.8, 4) is 10.6 Å². The average Bonchev–Trinajstić information content (AvgIpc) is 3.10. The smallest absolute Gasteiger partial charge is 0.254 e. The number of hydrogen-bond donors (Lipinski definition) is 1. The van der Waals surface area contributed by atoms with Crippen LogP contribution in [0.3, 0.4) is 0 Å². The van der Waals surface area contributed by atoms with Crippen molar-refractivity contribution in [1.29, 1.82) is 0 Å². The molecule has 0 bridgehead atoms. The minimum Gasteiger partial charge on any atom is -0.338 e. The fourth-order valence-corrected chi connectivity index (χ4v) is 6.59. The van der Waals surface area contributed by atoms with Crippen LogP contribution in [0.4, 0.5) is 13.2 Å². The molecule has 1 aliphatic carbocycles. The Bertz CT molecular complexity index is 1410. The lowest BCUT2D eigenvalue weighted by Crippen LogP contribution is -2.45. The number of nitrogens with zero attached hydrogens (tertiary/aromatic N) is 2. The molecular weight excluding hydrogens is 499 g/mol. The summed E-state index contributed by atoms with van der Waals surface area (Å²) in [4.78, 5) is 18.9. The molecule has 1 unspecified atom stereocenters. The van der Waals surface area contributed by atoms with Crippen LogP contribution in [0.25, 0.3) is 20.8 Å². The number of benzene rings is 2. The number of rotatable bonds is 5. The third kappa shape index (κ3) is 4.45. The summed E-state index contributed by atoms with van der Waals surface area (Å²) in [5.41, 5.74) is -1.52. The van der Waals surface area contributed by atoms with Crippen molar-refractivity contribution in [2.75, 3.05) is 13.1 Å². The number of primary sulfonamides is 1. The summed E-state index contributed by atoms with van der Waals surface area (Å²) < 4.78 is 66.7. The highest BCUT2D eigenvalue weighted by atomic mass is 32.2. The van der Waals surface area contributed by atoms with Gasteiger partial charge in [0.25, 0.3) is 11.8 Å². The van der Waals surface area contributed by atoms with Crippen molar-refractivity contribution in [2.24, 2.45) is 10.6 Å². The molecule has 0 spiro atoms. The maximum atomic E-state index is 15.2. The largest absolute Gasteiger partial charge is 0.338 e. The van der Waals surface area contributed by atoms with E-state index in [1.165, 1.54) is 24.3 Å². The molecule has 1 aromatic heterocycles. The van der Waals surface area contributed by atoms with Gasteiger partial charge in [-0.15, -0.1) is 11.3 Å². The maximum absolute atomic E-state index is 15.2. The first-order chi connectivity index (χ1) is 16.3. The molecule has 2 aromatic carbocycles. The van der Waals surface area contributed by atoms with E-state index < -0.39 is 27.0 Å². The summed E-state index contributed by atoms with van der Waals surface area (Å²) in [6, 6.07) is 11.5. The highest BCUT2D eigenvalue weighted by molar-refractivity contribution is 7.89. The van der Waals surface area contributed by atoms with Gasteiger partial charge in [-0.2, -0.15) is 0 Å². The van der Waals surface area contributed by atoms with Gasteiger partial charge in [-0.3, -0.25) is 4.79 Å². The van der Waals surface area contributed by atoms with Crippen molar-refractivity contribution >= 4 is 37.5 Å². The van der Waals surface area contributed by atoms with Gasteiger partial charge in [0, 0.05) is 36.1 Å². The zero-order valence-corrected chi connectivity index (χ0v) is 20.6.